The monoisotopic (exact) mass is 227 g/mol. The molecule has 0 amide bonds. The molecule has 0 aliphatic heterocycles. The predicted molar refractivity (Wildman–Crippen MR) is 59.8 cm³/mol. The van der Waals surface area contributed by atoms with E-state index >= 15 is 0 Å². The summed E-state index contributed by atoms with van der Waals surface area (Å²) in [7, 11) is -2.04. The molecule has 0 atom stereocenters. The highest BCUT2D eigenvalue weighted by atomic mass is 32.2. The Labute approximate surface area is 89.4 Å². The Hall–Kier alpha value is -1.33. The first-order valence-electron chi connectivity index (χ1n) is 4.28. The lowest BCUT2D eigenvalue weighted by atomic mass is 10.1. The van der Waals surface area contributed by atoms with Crippen molar-refractivity contribution < 1.29 is 13.2 Å². The van der Waals surface area contributed by atoms with E-state index in [0.717, 1.165) is 11.0 Å². The maximum atomic E-state index is 10.8. The first-order chi connectivity index (χ1) is 6.92. The summed E-state index contributed by atoms with van der Waals surface area (Å²) in [5.74, 6) is 0.676. The lowest BCUT2D eigenvalue weighted by molar-refractivity contribution is 0.414. The van der Waals surface area contributed by atoms with E-state index in [4.69, 9.17) is 9.88 Å². The quantitative estimate of drug-likeness (QED) is 0.847. The van der Waals surface area contributed by atoms with Crippen molar-refractivity contribution >= 4 is 15.6 Å². The first kappa shape index (κ1) is 11.7. The molecule has 0 heterocycles. The number of primary sulfonamides is 1. The molecule has 15 heavy (non-hydrogen) atoms. The summed E-state index contributed by atoms with van der Waals surface area (Å²) in [4.78, 5) is 0. The largest absolute Gasteiger partial charge is 0.497 e. The van der Waals surface area contributed by atoms with Crippen molar-refractivity contribution in [3.63, 3.8) is 0 Å². The van der Waals surface area contributed by atoms with Crippen LogP contribution in [0.2, 0.25) is 0 Å². The molecule has 1 aromatic rings. The molecule has 0 unspecified atom stereocenters. The zero-order chi connectivity index (χ0) is 11.5. The average molecular weight is 227 g/mol. The fourth-order valence-corrected chi connectivity index (χ4v) is 1.81. The van der Waals surface area contributed by atoms with Crippen molar-refractivity contribution in [2.45, 2.75) is 6.92 Å². The molecule has 2 N–H and O–H groups in total. The summed E-state index contributed by atoms with van der Waals surface area (Å²) in [6.07, 6.45) is 0. The second-order valence-corrected chi connectivity index (χ2v) is 4.54. The Balaban J connectivity index is 3.12. The van der Waals surface area contributed by atoms with Gasteiger partial charge in [0.25, 0.3) is 0 Å². The molecule has 0 aromatic heterocycles. The summed E-state index contributed by atoms with van der Waals surface area (Å²) in [5, 5.41) is 5.94. The summed E-state index contributed by atoms with van der Waals surface area (Å²) in [6.45, 7) is 1.68. The molecular formula is C10H13NO3S. The van der Waals surface area contributed by atoms with Crippen LogP contribution < -0.4 is 9.88 Å². The third-order valence-electron chi connectivity index (χ3n) is 1.87. The number of nitrogens with two attached hydrogens (primary N) is 1. The minimum absolute atomic E-state index is 0.580. The van der Waals surface area contributed by atoms with Crippen LogP contribution in [-0.2, 0) is 10.0 Å². The molecule has 1 rings (SSSR count). The van der Waals surface area contributed by atoms with Gasteiger partial charge in [0.2, 0.25) is 10.0 Å². The van der Waals surface area contributed by atoms with E-state index in [0.29, 0.717) is 11.3 Å². The number of ether oxygens (including phenoxy) is 1. The molecule has 4 nitrogen and oxygen atoms in total. The van der Waals surface area contributed by atoms with E-state index in [1.807, 2.05) is 0 Å². The van der Waals surface area contributed by atoms with Crippen LogP contribution in [0.15, 0.2) is 29.7 Å². The normalized spacial score (nSPS) is 12.6. The number of allylic oxidation sites excluding steroid dienone is 1. The number of methoxy groups -OCH3 is 1. The Morgan fingerprint density at radius 1 is 1.47 bits per heavy atom. The van der Waals surface area contributed by atoms with Gasteiger partial charge in [0, 0.05) is 5.41 Å². The van der Waals surface area contributed by atoms with Gasteiger partial charge in [-0.3, -0.25) is 0 Å². The Kier molecular flexibility index (Phi) is 3.49. The highest BCUT2D eigenvalue weighted by Crippen LogP contribution is 2.19. The zero-order valence-electron chi connectivity index (χ0n) is 8.60. The SMILES string of the molecule is COc1cccc(/C(C)=C/S(N)(=O)=O)c1. The van der Waals surface area contributed by atoms with Crippen LogP contribution in [0.25, 0.3) is 5.57 Å². The highest BCUT2D eigenvalue weighted by molar-refractivity contribution is 7.92. The van der Waals surface area contributed by atoms with Gasteiger partial charge >= 0.3 is 0 Å². The van der Waals surface area contributed by atoms with Gasteiger partial charge in [-0.2, -0.15) is 0 Å². The van der Waals surface area contributed by atoms with Crippen molar-refractivity contribution in [2.75, 3.05) is 7.11 Å². The standard InChI is InChI=1S/C10H13NO3S/c1-8(7-15(11,12)13)9-4-3-5-10(6-9)14-2/h3-7H,1-2H3,(H2,11,12,13)/b8-7+. The smallest absolute Gasteiger partial charge is 0.231 e. The van der Waals surface area contributed by atoms with Gasteiger partial charge < -0.3 is 4.74 Å². The molecular weight excluding hydrogens is 214 g/mol. The fourth-order valence-electron chi connectivity index (χ4n) is 1.18. The van der Waals surface area contributed by atoms with Crippen molar-refractivity contribution in [2.24, 2.45) is 5.14 Å². The van der Waals surface area contributed by atoms with E-state index < -0.39 is 10.0 Å². The van der Waals surface area contributed by atoms with E-state index in [2.05, 4.69) is 0 Å². The predicted octanol–water partition coefficient (Wildman–Crippen LogP) is 1.34. The van der Waals surface area contributed by atoms with Gasteiger partial charge in [0.1, 0.15) is 5.75 Å². The van der Waals surface area contributed by atoms with Gasteiger partial charge in [0.15, 0.2) is 0 Å². The molecule has 0 fully saturated rings. The Morgan fingerprint density at radius 3 is 2.67 bits per heavy atom. The third kappa shape index (κ3) is 3.73. The number of benzene rings is 1. The van der Waals surface area contributed by atoms with Gasteiger partial charge in [-0.1, -0.05) is 12.1 Å². The highest BCUT2D eigenvalue weighted by Gasteiger charge is 2.02. The Morgan fingerprint density at radius 2 is 2.13 bits per heavy atom. The van der Waals surface area contributed by atoms with Crippen molar-refractivity contribution in [1.82, 2.24) is 0 Å². The average Bonchev–Trinajstić information content (AvgIpc) is 2.15. The fraction of sp³-hybridized carbons (Fsp3) is 0.200. The van der Waals surface area contributed by atoms with Crippen LogP contribution in [0.4, 0.5) is 0 Å². The molecule has 0 spiro atoms. The number of hydrogen-bond acceptors (Lipinski definition) is 3. The molecule has 5 heteroatoms. The van der Waals surface area contributed by atoms with E-state index in [1.165, 1.54) is 0 Å². The van der Waals surface area contributed by atoms with Gasteiger partial charge in [-0.25, -0.2) is 13.6 Å². The maximum absolute atomic E-state index is 10.8. The molecule has 82 valence electrons. The van der Waals surface area contributed by atoms with Crippen LogP contribution >= 0.6 is 0 Å². The molecule has 0 aliphatic rings. The first-order valence-corrected chi connectivity index (χ1v) is 5.89. The maximum Gasteiger partial charge on any atom is 0.231 e. The molecule has 0 aliphatic carbocycles. The minimum atomic E-state index is -3.59. The molecule has 0 radical (unpaired) electrons. The molecule has 0 saturated heterocycles. The third-order valence-corrected chi connectivity index (χ3v) is 2.55. The van der Waals surface area contributed by atoms with Gasteiger partial charge in [-0.05, 0) is 30.2 Å². The zero-order valence-corrected chi connectivity index (χ0v) is 9.41. The van der Waals surface area contributed by atoms with E-state index in [9.17, 15) is 8.42 Å². The van der Waals surface area contributed by atoms with Crippen molar-refractivity contribution in [1.29, 1.82) is 0 Å². The van der Waals surface area contributed by atoms with Crippen molar-refractivity contribution in [3.05, 3.63) is 35.2 Å². The summed E-state index contributed by atoms with van der Waals surface area (Å²) in [6, 6.07) is 7.11. The second-order valence-electron chi connectivity index (χ2n) is 3.12. The van der Waals surface area contributed by atoms with E-state index in [1.54, 1.807) is 38.3 Å². The lowest BCUT2D eigenvalue weighted by Gasteiger charge is -2.04. The number of hydrogen-bond donors (Lipinski definition) is 1. The van der Waals surface area contributed by atoms with Crippen LogP contribution in [-0.4, -0.2) is 15.5 Å². The minimum Gasteiger partial charge on any atom is -0.497 e. The summed E-state index contributed by atoms with van der Waals surface area (Å²) in [5.41, 5.74) is 1.35. The van der Waals surface area contributed by atoms with Crippen LogP contribution in [0.3, 0.4) is 0 Å². The lowest BCUT2D eigenvalue weighted by Crippen LogP contribution is -2.07. The van der Waals surface area contributed by atoms with Gasteiger partial charge in [-0.15, -0.1) is 0 Å². The molecule has 0 saturated carbocycles. The Bertz CT molecular complexity index is 477. The van der Waals surface area contributed by atoms with Gasteiger partial charge in [0.05, 0.1) is 7.11 Å². The van der Waals surface area contributed by atoms with Crippen LogP contribution in [0, 0.1) is 0 Å². The summed E-state index contributed by atoms with van der Waals surface area (Å²) >= 11 is 0. The topological polar surface area (TPSA) is 69.4 Å². The molecule has 1 aromatic carbocycles. The van der Waals surface area contributed by atoms with Crippen LogP contribution in [0.5, 0.6) is 5.75 Å². The number of sulfonamides is 1. The summed E-state index contributed by atoms with van der Waals surface area (Å²) < 4.78 is 26.7. The van der Waals surface area contributed by atoms with E-state index in [-0.39, 0.29) is 0 Å². The van der Waals surface area contributed by atoms with Crippen molar-refractivity contribution in [3.8, 4) is 5.75 Å². The molecule has 0 bridgehead atoms. The number of rotatable bonds is 3. The second kappa shape index (κ2) is 4.46. The van der Waals surface area contributed by atoms with Crippen LogP contribution in [0.1, 0.15) is 12.5 Å².